The topological polar surface area (TPSA) is 92.3 Å². The van der Waals surface area contributed by atoms with Gasteiger partial charge in [-0.1, -0.05) is 23.8 Å². The first-order valence-electron chi connectivity index (χ1n) is 12.9. The minimum Gasteiger partial charge on any atom is -0.496 e. The number of allylic oxidation sites excluding steroid dienone is 3. The predicted octanol–water partition coefficient (Wildman–Crippen LogP) is 5.30. The van der Waals surface area contributed by atoms with Crippen molar-refractivity contribution < 1.29 is 33.3 Å². The van der Waals surface area contributed by atoms with Gasteiger partial charge in [0.15, 0.2) is 0 Å². The predicted molar refractivity (Wildman–Crippen MR) is 141 cm³/mol. The SMILES string of the molecule is CCOCc1cc(OC)c([C@@H]2CCC3C(C[C@H](NC(=O)OC(C)(C)C)C(=O)OC)=CC=CC32)c(OC)c1. The summed E-state index contributed by atoms with van der Waals surface area (Å²) in [5, 5.41) is 2.70. The number of alkyl carbamates (subject to hydrolysis) is 1. The minimum atomic E-state index is -0.834. The zero-order chi connectivity index (χ0) is 27.2. The van der Waals surface area contributed by atoms with Crippen LogP contribution in [0.25, 0.3) is 0 Å². The third kappa shape index (κ3) is 7.06. The summed E-state index contributed by atoms with van der Waals surface area (Å²) in [6, 6.07) is 3.23. The molecule has 204 valence electrons. The second kappa shape index (κ2) is 12.5. The van der Waals surface area contributed by atoms with E-state index in [1.807, 2.05) is 25.1 Å². The van der Waals surface area contributed by atoms with E-state index < -0.39 is 23.7 Å². The van der Waals surface area contributed by atoms with Crippen molar-refractivity contribution >= 4 is 12.1 Å². The van der Waals surface area contributed by atoms with E-state index in [1.165, 1.54) is 7.11 Å². The quantitative estimate of drug-likeness (QED) is 0.423. The molecule has 0 heterocycles. The molecule has 2 aliphatic rings. The Kier molecular flexibility index (Phi) is 9.65. The Hall–Kier alpha value is -3.00. The van der Waals surface area contributed by atoms with E-state index in [2.05, 4.69) is 17.5 Å². The van der Waals surface area contributed by atoms with Crippen LogP contribution in [0.15, 0.2) is 35.9 Å². The van der Waals surface area contributed by atoms with Crippen LogP contribution in [0.5, 0.6) is 11.5 Å². The van der Waals surface area contributed by atoms with Gasteiger partial charge in [0, 0.05) is 18.6 Å². The van der Waals surface area contributed by atoms with E-state index in [4.69, 9.17) is 23.7 Å². The molecular weight excluding hydrogens is 474 g/mol. The molecular formula is C29H41NO7. The second-order valence-electron chi connectivity index (χ2n) is 10.5. The molecule has 1 N–H and O–H groups in total. The summed E-state index contributed by atoms with van der Waals surface area (Å²) in [6.07, 6.45) is 7.92. The van der Waals surface area contributed by atoms with Crippen LogP contribution in [-0.2, 0) is 25.6 Å². The average Bonchev–Trinajstić information content (AvgIpc) is 3.29. The van der Waals surface area contributed by atoms with Crippen LogP contribution < -0.4 is 14.8 Å². The summed E-state index contributed by atoms with van der Waals surface area (Å²) in [5.41, 5.74) is 2.49. The molecule has 1 amide bonds. The molecule has 2 aliphatic carbocycles. The molecule has 0 aromatic heterocycles. The van der Waals surface area contributed by atoms with Gasteiger partial charge >= 0.3 is 12.1 Å². The number of esters is 1. The number of fused-ring (bicyclic) bond motifs is 1. The van der Waals surface area contributed by atoms with Gasteiger partial charge in [0.25, 0.3) is 0 Å². The van der Waals surface area contributed by atoms with Crippen LogP contribution in [0.4, 0.5) is 4.79 Å². The van der Waals surface area contributed by atoms with Crippen molar-refractivity contribution in [2.24, 2.45) is 11.8 Å². The molecule has 0 bridgehead atoms. The summed E-state index contributed by atoms with van der Waals surface area (Å²) in [6.45, 7) is 8.44. The smallest absolute Gasteiger partial charge is 0.408 e. The molecule has 3 rings (SSSR count). The second-order valence-corrected chi connectivity index (χ2v) is 10.5. The number of rotatable bonds is 10. The fourth-order valence-electron chi connectivity index (χ4n) is 5.40. The van der Waals surface area contributed by atoms with Gasteiger partial charge in [0.1, 0.15) is 23.1 Å². The molecule has 2 unspecified atom stereocenters. The number of hydrogen-bond acceptors (Lipinski definition) is 7. The van der Waals surface area contributed by atoms with E-state index >= 15 is 0 Å². The van der Waals surface area contributed by atoms with Crippen LogP contribution >= 0.6 is 0 Å². The van der Waals surface area contributed by atoms with E-state index in [0.717, 1.165) is 41.0 Å². The first-order chi connectivity index (χ1) is 17.6. The summed E-state index contributed by atoms with van der Waals surface area (Å²) < 4.78 is 27.6. The van der Waals surface area contributed by atoms with Crippen LogP contribution in [0.1, 0.15) is 64.0 Å². The van der Waals surface area contributed by atoms with Crippen LogP contribution in [0.3, 0.4) is 0 Å². The van der Waals surface area contributed by atoms with Gasteiger partial charge in [0.05, 0.1) is 27.9 Å². The van der Waals surface area contributed by atoms with E-state index in [0.29, 0.717) is 19.6 Å². The third-order valence-corrected chi connectivity index (χ3v) is 6.90. The number of amides is 1. The van der Waals surface area contributed by atoms with Crippen LogP contribution in [-0.4, -0.2) is 51.6 Å². The highest BCUT2D eigenvalue weighted by molar-refractivity contribution is 5.81. The Morgan fingerprint density at radius 2 is 1.70 bits per heavy atom. The highest BCUT2D eigenvalue weighted by Crippen LogP contribution is 2.54. The molecule has 8 heteroatoms. The Labute approximate surface area is 220 Å². The molecule has 1 fully saturated rings. The van der Waals surface area contributed by atoms with E-state index in [-0.39, 0.29) is 17.8 Å². The average molecular weight is 516 g/mol. The maximum Gasteiger partial charge on any atom is 0.408 e. The monoisotopic (exact) mass is 515 g/mol. The first-order valence-corrected chi connectivity index (χ1v) is 12.9. The molecule has 1 saturated carbocycles. The fourth-order valence-corrected chi connectivity index (χ4v) is 5.40. The fraction of sp³-hybridized carbons (Fsp3) is 0.586. The molecule has 4 atom stereocenters. The Morgan fingerprint density at radius 3 is 2.27 bits per heavy atom. The van der Waals surface area contributed by atoms with Crippen molar-refractivity contribution in [3.8, 4) is 11.5 Å². The molecule has 0 spiro atoms. The summed E-state index contributed by atoms with van der Waals surface area (Å²) >= 11 is 0. The van der Waals surface area contributed by atoms with Crippen molar-refractivity contribution in [1.29, 1.82) is 0 Å². The van der Waals surface area contributed by atoms with Crippen LogP contribution in [0, 0.1) is 11.8 Å². The van der Waals surface area contributed by atoms with Gasteiger partial charge in [-0.2, -0.15) is 0 Å². The van der Waals surface area contributed by atoms with Gasteiger partial charge in [0.2, 0.25) is 0 Å². The van der Waals surface area contributed by atoms with Gasteiger partial charge in [-0.25, -0.2) is 9.59 Å². The lowest BCUT2D eigenvalue weighted by Crippen LogP contribution is -2.44. The molecule has 0 saturated heterocycles. The molecule has 1 aromatic rings. The van der Waals surface area contributed by atoms with Gasteiger partial charge in [-0.15, -0.1) is 0 Å². The van der Waals surface area contributed by atoms with Crippen molar-refractivity contribution in [1.82, 2.24) is 5.32 Å². The van der Waals surface area contributed by atoms with Crippen LogP contribution in [0.2, 0.25) is 0 Å². The molecule has 0 aliphatic heterocycles. The number of carbonyl (C=O) groups is 2. The van der Waals surface area contributed by atoms with Gasteiger partial charge < -0.3 is 29.0 Å². The standard InChI is InChI=1S/C29H41NO7/c1-8-36-17-18-14-24(33-5)26(25(15-18)34-6)22-13-12-20-19(10-9-11-21(20)22)16-23(27(31)35-7)30-28(32)37-29(2,3)4/h9-11,14-15,20-23H,8,12-13,16-17H2,1-7H3,(H,30,32)/t20?,21?,22-,23+/m1/s1. The van der Waals surface area contributed by atoms with Crippen molar-refractivity contribution in [3.63, 3.8) is 0 Å². The summed E-state index contributed by atoms with van der Waals surface area (Å²) in [4.78, 5) is 25.0. The molecule has 1 aromatic carbocycles. The molecule has 0 radical (unpaired) electrons. The largest absolute Gasteiger partial charge is 0.496 e. The number of methoxy groups -OCH3 is 3. The highest BCUT2D eigenvalue weighted by Gasteiger charge is 2.42. The van der Waals surface area contributed by atoms with Crippen molar-refractivity contribution in [2.45, 2.75) is 71.1 Å². The minimum absolute atomic E-state index is 0.186. The molecule has 8 nitrogen and oxygen atoms in total. The summed E-state index contributed by atoms with van der Waals surface area (Å²) in [5.74, 6) is 1.71. The van der Waals surface area contributed by atoms with Gasteiger partial charge in [-0.3, -0.25) is 0 Å². The highest BCUT2D eigenvalue weighted by atomic mass is 16.6. The lowest BCUT2D eigenvalue weighted by Gasteiger charge is -2.30. The zero-order valence-corrected chi connectivity index (χ0v) is 23.1. The maximum absolute atomic E-state index is 12.6. The van der Waals surface area contributed by atoms with E-state index in [1.54, 1.807) is 35.0 Å². The summed E-state index contributed by atoms with van der Waals surface area (Å²) in [7, 11) is 4.68. The van der Waals surface area contributed by atoms with Gasteiger partial charge in [-0.05, 0) is 76.0 Å². The number of carbonyl (C=O) groups excluding carboxylic acids is 2. The van der Waals surface area contributed by atoms with Crippen molar-refractivity contribution in [2.75, 3.05) is 27.9 Å². The maximum atomic E-state index is 12.6. The lowest BCUT2D eigenvalue weighted by molar-refractivity contribution is -0.143. The molecule has 37 heavy (non-hydrogen) atoms. The zero-order valence-electron chi connectivity index (χ0n) is 23.1. The third-order valence-electron chi connectivity index (χ3n) is 6.90. The number of benzene rings is 1. The first kappa shape index (κ1) is 28.6. The van der Waals surface area contributed by atoms with E-state index in [9.17, 15) is 9.59 Å². The number of ether oxygens (including phenoxy) is 5. The van der Waals surface area contributed by atoms with Crippen molar-refractivity contribution in [3.05, 3.63) is 47.1 Å². The lowest BCUT2D eigenvalue weighted by atomic mass is 9.77. The normalized spacial score (nSPS) is 21.5. The number of nitrogens with one attached hydrogen (secondary N) is 1. The number of hydrogen-bond donors (Lipinski definition) is 1. The Morgan fingerprint density at radius 1 is 1.05 bits per heavy atom. The Balaban J connectivity index is 1.83. The Bertz CT molecular complexity index is 999.